The molecule has 1 aromatic heterocycles. The second-order valence-electron chi connectivity index (χ2n) is 2.45. The van der Waals surface area contributed by atoms with Gasteiger partial charge in [0.25, 0.3) is 6.43 Å². The van der Waals surface area contributed by atoms with Crippen LogP contribution in [0, 0.1) is 5.82 Å². The number of rotatable bonds is 3. The highest BCUT2D eigenvalue weighted by Crippen LogP contribution is 2.24. The minimum Gasteiger partial charge on any atom is -0.296 e. The Kier molecular flexibility index (Phi) is 3.46. The van der Waals surface area contributed by atoms with Crippen molar-refractivity contribution < 1.29 is 18.0 Å². The first-order chi connectivity index (χ1) is 6.60. The number of halogens is 4. The lowest BCUT2D eigenvalue weighted by atomic mass is 10.2. The van der Waals surface area contributed by atoms with Gasteiger partial charge >= 0.3 is 0 Å². The van der Waals surface area contributed by atoms with Crippen molar-refractivity contribution in [1.82, 2.24) is 4.98 Å². The number of alkyl halides is 3. The molecule has 0 fully saturated rings. The SMILES string of the molecule is O=Cc1nc(CCl)cc(F)c1C(F)F. The third-order valence-corrected chi connectivity index (χ3v) is 1.83. The summed E-state index contributed by atoms with van der Waals surface area (Å²) in [4.78, 5) is 13.8. The molecule has 76 valence electrons. The third-order valence-electron chi connectivity index (χ3n) is 1.56. The molecule has 6 heteroatoms. The maximum atomic E-state index is 13.0. The Morgan fingerprint density at radius 2 is 2.21 bits per heavy atom. The van der Waals surface area contributed by atoms with Gasteiger partial charge in [-0.1, -0.05) is 0 Å². The zero-order valence-electron chi connectivity index (χ0n) is 6.81. The topological polar surface area (TPSA) is 30.0 Å². The molecule has 2 nitrogen and oxygen atoms in total. The van der Waals surface area contributed by atoms with Gasteiger partial charge in [-0.25, -0.2) is 18.2 Å². The average Bonchev–Trinajstić information content (AvgIpc) is 2.15. The van der Waals surface area contributed by atoms with Crippen LogP contribution in [0.1, 0.15) is 28.2 Å². The number of hydrogen-bond acceptors (Lipinski definition) is 2. The van der Waals surface area contributed by atoms with E-state index in [2.05, 4.69) is 4.98 Å². The van der Waals surface area contributed by atoms with E-state index in [1.54, 1.807) is 0 Å². The highest BCUT2D eigenvalue weighted by molar-refractivity contribution is 6.16. The maximum absolute atomic E-state index is 13.0. The molecule has 1 aromatic rings. The minimum atomic E-state index is -3.06. The van der Waals surface area contributed by atoms with Crippen LogP contribution in [0.5, 0.6) is 0 Å². The normalized spacial score (nSPS) is 10.6. The molecule has 0 aromatic carbocycles. The molecule has 0 aliphatic rings. The summed E-state index contributed by atoms with van der Waals surface area (Å²) in [6.07, 6.45) is -2.98. The standard InChI is InChI=1S/C8H5ClF3NO/c9-2-4-1-5(10)7(8(11)12)6(3-14)13-4/h1,3,8H,2H2. The van der Waals surface area contributed by atoms with Crippen molar-refractivity contribution in [2.24, 2.45) is 0 Å². The van der Waals surface area contributed by atoms with Gasteiger partial charge in [-0.05, 0) is 6.07 Å². The summed E-state index contributed by atoms with van der Waals surface area (Å²) in [6, 6.07) is 0.793. The number of nitrogens with zero attached hydrogens (tertiary/aromatic N) is 1. The van der Waals surface area contributed by atoms with Crippen LogP contribution in [0.15, 0.2) is 6.07 Å². The molecule has 1 rings (SSSR count). The third kappa shape index (κ3) is 2.04. The molecular formula is C8H5ClF3NO. The van der Waals surface area contributed by atoms with Gasteiger partial charge in [0.1, 0.15) is 11.5 Å². The average molecular weight is 224 g/mol. The Morgan fingerprint density at radius 1 is 1.57 bits per heavy atom. The van der Waals surface area contributed by atoms with Crippen LogP contribution in [-0.2, 0) is 5.88 Å². The van der Waals surface area contributed by atoms with Crippen molar-refractivity contribution in [3.63, 3.8) is 0 Å². The van der Waals surface area contributed by atoms with Gasteiger partial charge in [-0.15, -0.1) is 11.6 Å². The van der Waals surface area contributed by atoms with E-state index in [0.717, 1.165) is 6.07 Å². The van der Waals surface area contributed by atoms with Gasteiger partial charge in [0.05, 0.1) is 17.1 Å². The van der Waals surface area contributed by atoms with Crippen LogP contribution in [0.25, 0.3) is 0 Å². The van der Waals surface area contributed by atoms with E-state index >= 15 is 0 Å². The van der Waals surface area contributed by atoms with E-state index in [9.17, 15) is 18.0 Å². The Morgan fingerprint density at radius 3 is 2.64 bits per heavy atom. The van der Waals surface area contributed by atoms with Gasteiger partial charge in [0, 0.05) is 0 Å². The molecule has 0 bridgehead atoms. The molecule has 0 N–H and O–H groups in total. The van der Waals surface area contributed by atoms with E-state index in [-0.39, 0.29) is 17.9 Å². The summed E-state index contributed by atoms with van der Waals surface area (Å²) in [6.45, 7) is 0. The molecule has 14 heavy (non-hydrogen) atoms. The maximum Gasteiger partial charge on any atom is 0.268 e. The second kappa shape index (κ2) is 4.41. The summed E-state index contributed by atoms with van der Waals surface area (Å²) in [7, 11) is 0. The zero-order valence-corrected chi connectivity index (χ0v) is 7.56. The highest BCUT2D eigenvalue weighted by atomic mass is 35.5. The van der Waals surface area contributed by atoms with Crippen molar-refractivity contribution in [3.05, 3.63) is 28.8 Å². The smallest absolute Gasteiger partial charge is 0.268 e. The van der Waals surface area contributed by atoms with Crippen molar-refractivity contribution in [1.29, 1.82) is 0 Å². The minimum absolute atomic E-state index is 0.0515. The van der Waals surface area contributed by atoms with Gasteiger partial charge in [-0.3, -0.25) is 4.79 Å². The summed E-state index contributed by atoms with van der Waals surface area (Å²) >= 11 is 5.33. The van der Waals surface area contributed by atoms with E-state index in [1.807, 2.05) is 0 Å². The summed E-state index contributed by atoms with van der Waals surface area (Å²) in [5.74, 6) is -1.30. The fourth-order valence-electron chi connectivity index (χ4n) is 0.968. The molecule has 0 radical (unpaired) electrons. The molecule has 0 saturated carbocycles. The molecule has 0 amide bonds. The molecule has 0 atom stereocenters. The molecule has 0 unspecified atom stereocenters. The Bertz CT molecular complexity index is 357. The first-order valence-electron chi connectivity index (χ1n) is 3.58. The second-order valence-corrected chi connectivity index (χ2v) is 2.71. The van der Waals surface area contributed by atoms with Crippen molar-refractivity contribution in [2.45, 2.75) is 12.3 Å². The Balaban J connectivity index is 3.34. The quantitative estimate of drug-likeness (QED) is 0.583. The van der Waals surface area contributed by atoms with Gasteiger partial charge in [0.2, 0.25) is 0 Å². The predicted octanol–water partition coefficient (Wildman–Crippen LogP) is 2.71. The predicted molar refractivity (Wildman–Crippen MR) is 44.1 cm³/mol. The van der Waals surface area contributed by atoms with Gasteiger partial charge < -0.3 is 0 Å². The summed E-state index contributed by atoms with van der Waals surface area (Å²) in [5.41, 5.74) is -1.53. The van der Waals surface area contributed by atoms with E-state index in [4.69, 9.17) is 11.6 Å². The Labute approximate surface area is 82.7 Å². The van der Waals surface area contributed by atoms with E-state index < -0.39 is 23.5 Å². The summed E-state index contributed by atoms with van der Waals surface area (Å²) in [5, 5.41) is 0. The first kappa shape index (κ1) is 11.0. The number of aldehydes is 1. The fourth-order valence-corrected chi connectivity index (χ4v) is 1.10. The van der Waals surface area contributed by atoms with Crippen molar-refractivity contribution in [3.8, 4) is 0 Å². The van der Waals surface area contributed by atoms with Crippen LogP contribution in [0.3, 0.4) is 0 Å². The Hall–Kier alpha value is -1.10. The summed E-state index contributed by atoms with van der Waals surface area (Å²) < 4.78 is 37.5. The lowest BCUT2D eigenvalue weighted by Gasteiger charge is -2.05. The zero-order chi connectivity index (χ0) is 10.7. The van der Waals surface area contributed by atoms with E-state index in [0.29, 0.717) is 0 Å². The number of carbonyl (C=O) groups is 1. The largest absolute Gasteiger partial charge is 0.296 e. The lowest BCUT2D eigenvalue weighted by molar-refractivity contribution is 0.109. The lowest BCUT2D eigenvalue weighted by Crippen LogP contribution is -2.04. The van der Waals surface area contributed by atoms with Crippen LogP contribution >= 0.6 is 11.6 Å². The molecule has 0 spiro atoms. The fraction of sp³-hybridized carbons (Fsp3) is 0.250. The van der Waals surface area contributed by atoms with Crippen LogP contribution in [0.2, 0.25) is 0 Å². The van der Waals surface area contributed by atoms with Gasteiger partial charge in [0.15, 0.2) is 6.29 Å². The number of pyridine rings is 1. The van der Waals surface area contributed by atoms with Gasteiger partial charge in [-0.2, -0.15) is 0 Å². The van der Waals surface area contributed by atoms with E-state index in [1.165, 1.54) is 0 Å². The monoisotopic (exact) mass is 223 g/mol. The first-order valence-corrected chi connectivity index (χ1v) is 4.12. The molecule has 0 saturated heterocycles. The number of carbonyl (C=O) groups excluding carboxylic acids is 1. The molecular weight excluding hydrogens is 219 g/mol. The molecule has 1 heterocycles. The number of hydrogen-bond donors (Lipinski definition) is 0. The van der Waals surface area contributed by atoms with Crippen LogP contribution in [-0.4, -0.2) is 11.3 Å². The molecule has 0 aliphatic heterocycles. The highest BCUT2D eigenvalue weighted by Gasteiger charge is 2.20. The molecule has 0 aliphatic carbocycles. The number of aromatic nitrogens is 1. The van der Waals surface area contributed by atoms with Crippen molar-refractivity contribution >= 4 is 17.9 Å². The van der Waals surface area contributed by atoms with Crippen molar-refractivity contribution in [2.75, 3.05) is 0 Å². The van der Waals surface area contributed by atoms with Crippen LogP contribution < -0.4 is 0 Å². The van der Waals surface area contributed by atoms with Crippen LogP contribution in [0.4, 0.5) is 13.2 Å².